The molecule has 4 N–H and O–H groups in total. The zero-order valence-corrected chi connectivity index (χ0v) is 10.0. The Labute approximate surface area is 101 Å². The molecule has 0 saturated carbocycles. The van der Waals surface area contributed by atoms with E-state index in [2.05, 4.69) is 0 Å². The van der Waals surface area contributed by atoms with Crippen molar-refractivity contribution in [2.45, 2.75) is 0 Å². The number of nitrogens with zero attached hydrogens (tertiary/aromatic N) is 1. The normalized spacial score (nSPS) is 10.2. The summed E-state index contributed by atoms with van der Waals surface area (Å²) >= 11 is 0. The minimum atomic E-state index is 0.0575. The van der Waals surface area contributed by atoms with Gasteiger partial charge in [-0.05, 0) is 24.3 Å². The number of methoxy groups -OCH3 is 1. The number of nitrogen functional groups attached to an aromatic ring is 1. The van der Waals surface area contributed by atoms with Crippen molar-refractivity contribution < 1.29 is 9.84 Å². The number of nitrogens with two attached hydrogens (primary N) is 1. The monoisotopic (exact) mass is 237 g/mol. The predicted octanol–water partition coefficient (Wildman–Crippen LogP) is 0.416. The van der Waals surface area contributed by atoms with E-state index in [4.69, 9.17) is 21.0 Å². The van der Waals surface area contributed by atoms with E-state index in [-0.39, 0.29) is 12.4 Å². The standard InChI is InChI=1S/C12H19N3O2/c1-17-9-7-15(6-8-16)11-4-2-10(3-5-11)12(13)14/h2-5,16H,6-9H2,1H3,(H3,13,14). The van der Waals surface area contributed by atoms with Crippen molar-refractivity contribution in [3.05, 3.63) is 29.8 Å². The Morgan fingerprint density at radius 2 is 2.00 bits per heavy atom. The van der Waals surface area contributed by atoms with Crippen molar-refractivity contribution in [1.82, 2.24) is 0 Å². The molecule has 17 heavy (non-hydrogen) atoms. The zero-order valence-electron chi connectivity index (χ0n) is 10.0. The molecule has 0 fully saturated rings. The second-order valence-electron chi connectivity index (χ2n) is 3.66. The Bertz CT molecular complexity index is 351. The van der Waals surface area contributed by atoms with Gasteiger partial charge in [0.1, 0.15) is 5.84 Å². The average molecular weight is 237 g/mol. The SMILES string of the molecule is COCCN(CCO)c1ccc(C(=N)N)cc1. The number of ether oxygens (including phenoxy) is 1. The van der Waals surface area contributed by atoms with Crippen molar-refractivity contribution in [3.63, 3.8) is 0 Å². The van der Waals surface area contributed by atoms with Gasteiger partial charge in [0.05, 0.1) is 13.2 Å². The highest BCUT2D eigenvalue weighted by Crippen LogP contribution is 2.14. The van der Waals surface area contributed by atoms with Crippen LogP contribution in [0.15, 0.2) is 24.3 Å². The third kappa shape index (κ3) is 4.05. The van der Waals surface area contributed by atoms with Gasteiger partial charge < -0.3 is 20.5 Å². The van der Waals surface area contributed by atoms with Crippen molar-refractivity contribution in [2.24, 2.45) is 5.73 Å². The largest absolute Gasteiger partial charge is 0.395 e. The van der Waals surface area contributed by atoms with Gasteiger partial charge in [-0.3, -0.25) is 5.41 Å². The first-order valence-corrected chi connectivity index (χ1v) is 5.48. The Kier molecular flexibility index (Phi) is 5.45. The van der Waals surface area contributed by atoms with Gasteiger partial charge in [0, 0.05) is 31.5 Å². The van der Waals surface area contributed by atoms with Gasteiger partial charge in [0.2, 0.25) is 0 Å². The molecule has 0 aliphatic carbocycles. The lowest BCUT2D eigenvalue weighted by Gasteiger charge is -2.23. The molecule has 0 radical (unpaired) electrons. The van der Waals surface area contributed by atoms with Crippen LogP contribution in [0.4, 0.5) is 5.69 Å². The zero-order chi connectivity index (χ0) is 12.7. The molecule has 0 spiro atoms. The lowest BCUT2D eigenvalue weighted by Crippen LogP contribution is -2.30. The average Bonchev–Trinajstić information content (AvgIpc) is 2.34. The molecule has 0 aromatic heterocycles. The molecule has 0 saturated heterocycles. The highest BCUT2D eigenvalue weighted by atomic mass is 16.5. The van der Waals surface area contributed by atoms with E-state index in [1.54, 1.807) is 19.2 Å². The fraction of sp³-hybridized carbons (Fsp3) is 0.417. The summed E-state index contributed by atoms with van der Waals surface area (Å²) in [5, 5.41) is 16.3. The first kappa shape index (κ1) is 13.5. The summed E-state index contributed by atoms with van der Waals surface area (Å²) in [6.07, 6.45) is 0. The van der Waals surface area contributed by atoms with Gasteiger partial charge in [-0.1, -0.05) is 0 Å². The van der Waals surface area contributed by atoms with Crippen LogP contribution in [0.2, 0.25) is 0 Å². The van der Waals surface area contributed by atoms with Crippen LogP contribution in [0.3, 0.4) is 0 Å². The highest BCUT2D eigenvalue weighted by Gasteiger charge is 2.06. The second-order valence-corrected chi connectivity index (χ2v) is 3.66. The Morgan fingerprint density at radius 1 is 1.35 bits per heavy atom. The molecule has 0 amide bonds. The molecular weight excluding hydrogens is 218 g/mol. The van der Waals surface area contributed by atoms with Crippen LogP contribution in [0.1, 0.15) is 5.56 Å². The van der Waals surface area contributed by atoms with Crippen LogP contribution >= 0.6 is 0 Å². The molecular formula is C12H19N3O2. The minimum Gasteiger partial charge on any atom is -0.395 e. The molecule has 5 heteroatoms. The molecule has 0 aliphatic heterocycles. The maximum atomic E-state index is 9.00. The molecule has 0 bridgehead atoms. The number of nitrogens with one attached hydrogen (secondary N) is 1. The fourth-order valence-corrected chi connectivity index (χ4v) is 1.54. The fourth-order valence-electron chi connectivity index (χ4n) is 1.54. The van der Waals surface area contributed by atoms with Crippen molar-refractivity contribution in [1.29, 1.82) is 5.41 Å². The summed E-state index contributed by atoms with van der Waals surface area (Å²) in [6, 6.07) is 7.38. The van der Waals surface area contributed by atoms with Gasteiger partial charge >= 0.3 is 0 Å². The number of aliphatic hydroxyl groups is 1. The van der Waals surface area contributed by atoms with Crippen molar-refractivity contribution >= 4 is 11.5 Å². The Hall–Kier alpha value is -1.59. The van der Waals surface area contributed by atoms with E-state index < -0.39 is 0 Å². The number of amidine groups is 1. The van der Waals surface area contributed by atoms with E-state index in [0.717, 1.165) is 12.2 Å². The number of hydrogen-bond acceptors (Lipinski definition) is 4. The molecule has 0 unspecified atom stereocenters. The third-order valence-electron chi connectivity index (χ3n) is 2.48. The summed E-state index contributed by atoms with van der Waals surface area (Å²) in [7, 11) is 1.65. The molecule has 94 valence electrons. The first-order chi connectivity index (χ1) is 8.19. The maximum Gasteiger partial charge on any atom is 0.122 e. The van der Waals surface area contributed by atoms with Crippen molar-refractivity contribution in [2.75, 3.05) is 38.3 Å². The minimum absolute atomic E-state index is 0.0575. The van der Waals surface area contributed by atoms with Gasteiger partial charge in [0.15, 0.2) is 0 Å². The van der Waals surface area contributed by atoms with Crippen LogP contribution in [-0.4, -0.2) is 44.4 Å². The van der Waals surface area contributed by atoms with E-state index in [1.807, 2.05) is 17.0 Å². The first-order valence-electron chi connectivity index (χ1n) is 5.48. The van der Waals surface area contributed by atoms with E-state index >= 15 is 0 Å². The topological polar surface area (TPSA) is 82.6 Å². The molecule has 0 heterocycles. The molecule has 1 rings (SSSR count). The molecule has 1 aromatic carbocycles. The summed E-state index contributed by atoms with van der Waals surface area (Å²) in [4.78, 5) is 2.02. The summed E-state index contributed by atoms with van der Waals surface area (Å²) in [5.74, 6) is 0.0575. The summed E-state index contributed by atoms with van der Waals surface area (Å²) < 4.78 is 5.02. The lowest BCUT2D eigenvalue weighted by atomic mass is 10.2. The summed E-state index contributed by atoms with van der Waals surface area (Å²) in [6.45, 7) is 1.98. The molecule has 1 aromatic rings. The number of rotatable bonds is 7. The quantitative estimate of drug-likeness (QED) is 0.474. The van der Waals surface area contributed by atoms with Gasteiger partial charge in [-0.15, -0.1) is 0 Å². The summed E-state index contributed by atoms with van der Waals surface area (Å²) in [5.41, 5.74) is 7.07. The van der Waals surface area contributed by atoms with Crippen LogP contribution < -0.4 is 10.6 Å². The van der Waals surface area contributed by atoms with Gasteiger partial charge in [-0.25, -0.2) is 0 Å². The van der Waals surface area contributed by atoms with Crippen molar-refractivity contribution in [3.8, 4) is 0 Å². The molecule has 0 atom stereocenters. The van der Waals surface area contributed by atoms with Crippen LogP contribution in [0, 0.1) is 5.41 Å². The highest BCUT2D eigenvalue weighted by molar-refractivity contribution is 5.95. The van der Waals surface area contributed by atoms with Gasteiger partial charge in [0.25, 0.3) is 0 Å². The van der Waals surface area contributed by atoms with Crippen LogP contribution in [-0.2, 0) is 4.74 Å². The smallest absolute Gasteiger partial charge is 0.122 e. The van der Waals surface area contributed by atoms with E-state index in [1.165, 1.54) is 0 Å². The van der Waals surface area contributed by atoms with Crippen LogP contribution in [0.25, 0.3) is 0 Å². The van der Waals surface area contributed by atoms with Crippen LogP contribution in [0.5, 0.6) is 0 Å². The van der Waals surface area contributed by atoms with Gasteiger partial charge in [-0.2, -0.15) is 0 Å². The number of benzene rings is 1. The lowest BCUT2D eigenvalue weighted by molar-refractivity contribution is 0.203. The third-order valence-corrected chi connectivity index (χ3v) is 2.48. The second kappa shape index (κ2) is 6.88. The number of anilines is 1. The number of hydrogen-bond donors (Lipinski definition) is 3. The molecule has 5 nitrogen and oxygen atoms in total. The van der Waals surface area contributed by atoms with E-state index in [0.29, 0.717) is 18.7 Å². The van der Waals surface area contributed by atoms with E-state index in [9.17, 15) is 0 Å². The molecule has 0 aliphatic rings. The number of aliphatic hydroxyl groups excluding tert-OH is 1. The predicted molar refractivity (Wildman–Crippen MR) is 68.6 cm³/mol. The Morgan fingerprint density at radius 3 is 2.47 bits per heavy atom. The Balaban J connectivity index is 2.75. The maximum absolute atomic E-state index is 9.00.